The Morgan fingerprint density at radius 1 is 1.58 bits per heavy atom. The second-order valence-corrected chi connectivity index (χ2v) is 3.43. The molecule has 1 saturated carbocycles. The third kappa shape index (κ3) is 2.13. The number of hydrogen-bond donors (Lipinski definition) is 1. The second-order valence-electron chi connectivity index (χ2n) is 3.43. The van der Waals surface area contributed by atoms with Gasteiger partial charge in [-0.3, -0.25) is 0 Å². The lowest BCUT2D eigenvalue weighted by Crippen LogP contribution is -2.31. The molecule has 3 atom stereocenters. The molecule has 0 saturated heterocycles. The van der Waals surface area contributed by atoms with E-state index in [0.29, 0.717) is 5.92 Å². The zero-order valence-corrected chi connectivity index (χ0v) is 7.35. The number of aliphatic hydroxyl groups excluding tert-OH is 1. The molecule has 12 heavy (non-hydrogen) atoms. The van der Waals surface area contributed by atoms with Crippen LogP contribution < -0.4 is 0 Å². The van der Waals surface area contributed by atoms with Crippen LogP contribution in [0.5, 0.6) is 0 Å². The van der Waals surface area contributed by atoms with Gasteiger partial charge in [0.15, 0.2) is 0 Å². The van der Waals surface area contributed by atoms with Gasteiger partial charge < -0.3 is 5.11 Å². The molecule has 0 aliphatic heterocycles. The van der Waals surface area contributed by atoms with Gasteiger partial charge in [-0.2, -0.15) is 0 Å². The highest BCUT2D eigenvalue weighted by atomic mass is 16.3. The maximum Gasteiger partial charge on any atom is 0.0636 e. The van der Waals surface area contributed by atoms with Gasteiger partial charge in [0.05, 0.1) is 12.1 Å². The first-order valence-corrected chi connectivity index (χ1v) is 4.50. The first-order valence-electron chi connectivity index (χ1n) is 4.50. The van der Waals surface area contributed by atoms with E-state index in [9.17, 15) is 5.11 Å². The van der Waals surface area contributed by atoms with Crippen LogP contribution in [0.3, 0.4) is 0 Å². The van der Waals surface area contributed by atoms with E-state index in [1.165, 1.54) is 0 Å². The van der Waals surface area contributed by atoms with E-state index in [4.69, 9.17) is 5.53 Å². The zero-order chi connectivity index (χ0) is 8.97. The van der Waals surface area contributed by atoms with Crippen LogP contribution in [0.15, 0.2) is 5.11 Å². The lowest BCUT2D eigenvalue weighted by molar-refractivity contribution is 0.0860. The molecule has 0 bridgehead atoms. The first kappa shape index (κ1) is 9.36. The third-order valence-electron chi connectivity index (χ3n) is 2.67. The van der Waals surface area contributed by atoms with E-state index in [-0.39, 0.29) is 6.04 Å². The predicted octanol–water partition coefficient (Wildman–Crippen LogP) is 2.24. The fourth-order valence-corrected chi connectivity index (χ4v) is 1.78. The van der Waals surface area contributed by atoms with Crippen molar-refractivity contribution in [3.63, 3.8) is 0 Å². The fraction of sp³-hybridized carbons (Fsp3) is 1.00. The van der Waals surface area contributed by atoms with Crippen LogP contribution in [-0.2, 0) is 0 Å². The molecule has 1 N–H and O–H groups in total. The highest BCUT2D eigenvalue weighted by molar-refractivity contribution is 4.84. The van der Waals surface area contributed by atoms with Crippen LogP contribution >= 0.6 is 0 Å². The normalized spacial score (nSPS) is 35.7. The Balaban J connectivity index is 2.52. The van der Waals surface area contributed by atoms with Gasteiger partial charge in [0.25, 0.3) is 0 Å². The molecule has 4 heteroatoms. The van der Waals surface area contributed by atoms with Crippen molar-refractivity contribution in [2.75, 3.05) is 0 Å². The quantitative estimate of drug-likeness (QED) is 0.384. The number of nitrogens with zero attached hydrogens (tertiary/aromatic N) is 3. The van der Waals surface area contributed by atoms with E-state index in [1.54, 1.807) is 0 Å². The molecule has 3 unspecified atom stereocenters. The van der Waals surface area contributed by atoms with Crippen LogP contribution in [0.2, 0.25) is 0 Å². The molecule has 1 fully saturated rings. The maximum absolute atomic E-state index is 9.45. The van der Waals surface area contributed by atoms with Crippen LogP contribution in [0.25, 0.3) is 10.4 Å². The van der Waals surface area contributed by atoms with Crippen molar-refractivity contribution in [2.24, 2.45) is 11.0 Å². The molecule has 1 aliphatic carbocycles. The fourth-order valence-electron chi connectivity index (χ4n) is 1.78. The molecule has 68 valence electrons. The van der Waals surface area contributed by atoms with Crippen molar-refractivity contribution in [2.45, 2.75) is 44.8 Å². The Bertz CT molecular complexity index is 189. The zero-order valence-electron chi connectivity index (χ0n) is 7.35. The monoisotopic (exact) mass is 169 g/mol. The minimum absolute atomic E-state index is 0.186. The summed E-state index contributed by atoms with van der Waals surface area (Å²) in [4.78, 5) is 2.74. The lowest BCUT2D eigenvalue weighted by atomic mass is 9.83. The van der Waals surface area contributed by atoms with Gasteiger partial charge in [-0.25, -0.2) is 0 Å². The van der Waals surface area contributed by atoms with Gasteiger partial charge in [-0.15, -0.1) is 0 Å². The lowest BCUT2D eigenvalue weighted by Gasteiger charge is -2.29. The first-order chi connectivity index (χ1) is 5.77. The Kier molecular flexibility index (Phi) is 3.38. The molecule has 0 spiro atoms. The standard InChI is InChI=1S/C8H15N3O/c1-2-6-3-4-8(12)7(5-6)10-11-9/h6-8,12H,2-5H2,1H3. The van der Waals surface area contributed by atoms with Crippen molar-refractivity contribution in [1.29, 1.82) is 0 Å². The van der Waals surface area contributed by atoms with Gasteiger partial charge in [0.2, 0.25) is 0 Å². The number of hydrogen-bond acceptors (Lipinski definition) is 2. The molecular weight excluding hydrogens is 154 g/mol. The summed E-state index contributed by atoms with van der Waals surface area (Å²) in [6, 6.07) is -0.186. The molecule has 4 nitrogen and oxygen atoms in total. The second kappa shape index (κ2) is 4.33. The highest BCUT2D eigenvalue weighted by Crippen LogP contribution is 2.28. The number of aliphatic hydroxyl groups is 1. The highest BCUT2D eigenvalue weighted by Gasteiger charge is 2.27. The summed E-state index contributed by atoms with van der Waals surface area (Å²) >= 11 is 0. The Morgan fingerprint density at radius 3 is 2.92 bits per heavy atom. The Morgan fingerprint density at radius 2 is 2.33 bits per heavy atom. The maximum atomic E-state index is 9.45. The van der Waals surface area contributed by atoms with E-state index in [0.717, 1.165) is 25.7 Å². The van der Waals surface area contributed by atoms with Crippen molar-refractivity contribution >= 4 is 0 Å². The van der Waals surface area contributed by atoms with Gasteiger partial charge in [-0.05, 0) is 30.7 Å². The summed E-state index contributed by atoms with van der Waals surface area (Å²) in [5.74, 6) is 0.629. The van der Waals surface area contributed by atoms with E-state index in [1.807, 2.05) is 0 Å². The number of rotatable bonds is 2. The molecule has 0 heterocycles. The number of azide groups is 1. The third-order valence-corrected chi connectivity index (χ3v) is 2.67. The van der Waals surface area contributed by atoms with E-state index >= 15 is 0 Å². The minimum atomic E-state index is -0.413. The summed E-state index contributed by atoms with van der Waals surface area (Å²) in [5, 5.41) is 13.0. The SMILES string of the molecule is CCC1CCC(O)C(N=[N+]=[N-])C1. The van der Waals surface area contributed by atoms with Crippen molar-refractivity contribution in [3.8, 4) is 0 Å². The predicted molar refractivity (Wildman–Crippen MR) is 46.6 cm³/mol. The summed E-state index contributed by atoms with van der Waals surface area (Å²) in [6.45, 7) is 2.13. The van der Waals surface area contributed by atoms with Crippen LogP contribution in [0.1, 0.15) is 32.6 Å². The smallest absolute Gasteiger partial charge is 0.0636 e. The van der Waals surface area contributed by atoms with Gasteiger partial charge in [0, 0.05) is 4.91 Å². The molecule has 0 aromatic heterocycles. The van der Waals surface area contributed by atoms with Crippen molar-refractivity contribution in [1.82, 2.24) is 0 Å². The Hall–Kier alpha value is -0.730. The largest absolute Gasteiger partial charge is 0.393 e. The van der Waals surface area contributed by atoms with Crippen LogP contribution in [-0.4, -0.2) is 17.3 Å². The van der Waals surface area contributed by atoms with Crippen LogP contribution in [0, 0.1) is 5.92 Å². The molecule has 0 radical (unpaired) electrons. The summed E-state index contributed by atoms with van der Waals surface area (Å²) in [6.07, 6.45) is 3.40. The van der Waals surface area contributed by atoms with Gasteiger partial charge >= 0.3 is 0 Å². The van der Waals surface area contributed by atoms with Gasteiger partial charge in [-0.1, -0.05) is 18.5 Å². The molecule has 0 aromatic carbocycles. The summed E-state index contributed by atoms with van der Waals surface area (Å²) in [5.41, 5.74) is 8.24. The van der Waals surface area contributed by atoms with Crippen molar-refractivity contribution < 1.29 is 5.11 Å². The average Bonchev–Trinajstić information content (AvgIpc) is 2.09. The van der Waals surface area contributed by atoms with E-state index in [2.05, 4.69) is 16.9 Å². The topological polar surface area (TPSA) is 69.0 Å². The minimum Gasteiger partial charge on any atom is -0.393 e. The van der Waals surface area contributed by atoms with Crippen molar-refractivity contribution in [3.05, 3.63) is 10.4 Å². The summed E-state index contributed by atoms with van der Waals surface area (Å²) < 4.78 is 0. The molecular formula is C8H15N3O. The average molecular weight is 169 g/mol. The molecule has 0 aromatic rings. The molecule has 1 aliphatic rings. The van der Waals surface area contributed by atoms with Crippen LogP contribution in [0.4, 0.5) is 0 Å². The summed E-state index contributed by atoms with van der Waals surface area (Å²) in [7, 11) is 0. The molecule has 1 rings (SSSR count). The van der Waals surface area contributed by atoms with Gasteiger partial charge in [0.1, 0.15) is 0 Å². The molecule has 0 amide bonds. The van der Waals surface area contributed by atoms with E-state index < -0.39 is 6.10 Å². The Labute approximate surface area is 72.2 Å².